The van der Waals surface area contributed by atoms with E-state index >= 15 is 0 Å². The minimum atomic E-state index is 0. The van der Waals surface area contributed by atoms with E-state index in [4.69, 9.17) is 9.47 Å². The Morgan fingerprint density at radius 1 is 0.895 bits per heavy atom. The zero-order valence-corrected chi connectivity index (χ0v) is 24.5. The number of hydrogen-bond donors (Lipinski definition) is 0. The number of halogens is 1. The molecular weight excluding hydrogens is 494 g/mol. The van der Waals surface area contributed by atoms with E-state index in [-0.39, 0.29) is 12.4 Å². The van der Waals surface area contributed by atoms with Gasteiger partial charge in [-0.05, 0) is 92.9 Å². The summed E-state index contributed by atoms with van der Waals surface area (Å²) in [6, 6.07) is 7.42. The Kier molecular flexibility index (Phi) is 9.62. The van der Waals surface area contributed by atoms with Gasteiger partial charge in [-0.3, -0.25) is 4.90 Å². The lowest BCUT2D eigenvalue weighted by Gasteiger charge is -2.40. The van der Waals surface area contributed by atoms with Gasteiger partial charge in [-0.25, -0.2) is 0 Å². The Morgan fingerprint density at radius 2 is 1.63 bits per heavy atom. The molecule has 0 unspecified atom stereocenters. The van der Waals surface area contributed by atoms with Crippen LogP contribution in [-0.4, -0.2) is 77.1 Å². The molecule has 3 saturated heterocycles. The minimum Gasteiger partial charge on any atom is -0.381 e. The summed E-state index contributed by atoms with van der Waals surface area (Å²) in [4.78, 5) is 8.00. The number of nitrogens with zero attached hydrogens (tertiary/aromatic N) is 3. The minimum absolute atomic E-state index is 0. The molecule has 38 heavy (non-hydrogen) atoms. The molecule has 0 bridgehead atoms. The molecular formula is C32H50ClN3O2. The topological polar surface area (TPSA) is 28.2 Å². The molecule has 212 valence electrons. The first-order valence-electron chi connectivity index (χ1n) is 15.4. The highest BCUT2D eigenvalue weighted by molar-refractivity contribution is 5.85. The van der Waals surface area contributed by atoms with Crippen LogP contribution >= 0.6 is 12.4 Å². The Balaban J connectivity index is 0.00000294. The largest absolute Gasteiger partial charge is 0.381 e. The fourth-order valence-electron chi connectivity index (χ4n) is 7.84. The number of piperazine rings is 1. The summed E-state index contributed by atoms with van der Waals surface area (Å²) in [5, 5.41) is 0. The fraction of sp³-hybridized carbons (Fsp3) is 0.750. The SMILES string of the molecule is COC1CCN(c2ccc(N3CCN(CC4CCOCC4)CC3)c(C3=CCC4(CCCC4)CC3)c2)CC1.Cl. The van der Waals surface area contributed by atoms with Gasteiger partial charge in [0.1, 0.15) is 0 Å². The second-order valence-corrected chi connectivity index (χ2v) is 12.6. The Bertz CT molecular complexity index is 925. The summed E-state index contributed by atoms with van der Waals surface area (Å²) < 4.78 is 11.2. The number of anilines is 2. The van der Waals surface area contributed by atoms with Gasteiger partial charge in [0.05, 0.1) is 6.10 Å². The summed E-state index contributed by atoms with van der Waals surface area (Å²) in [5.41, 5.74) is 6.66. The zero-order chi connectivity index (χ0) is 25.1. The standard InChI is InChI=1S/C32H49N3O2.ClH/c1-36-29-8-16-34(17-9-29)28-4-5-31(30(24-28)27-6-14-32(15-7-27)12-2-3-13-32)35-20-18-33(19-21-35)25-26-10-22-37-23-11-26;/h4-6,24,26,29H,2-3,7-23,25H2,1H3;1H. The third kappa shape index (κ3) is 6.37. The van der Waals surface area contributed by atoms with Crippen LogP contribution in [-0.2, 0) is 9.47 Å². The predicted octanol–water partition coefficient (Wildman–Crippen LogP) is 6.40. The number of benzene rings is 1. The number of hydrogen-bond acceptors (Lipinski definition) is 5. The molecule has 3 aliphatic heterocycles. The molecule has 0 atom stereocenters. The number of methoxy groups -OCH3 is 1. The molecule has 1 aromatic rings. The molecule has 0 radical (unpaired) electrons. The first-order valence-corrected chi connectivity index (χ1v) is 15.4. The average molecular weight is 544 g/mol. The smallest absolute Gasteiger partial charge is 0.0605 e. The second-order valence-electron chi connectivity index (χ2n) is 12.6. The van der Waals surface area contributed by atoms with Crippen LogP contribution in [0.1, 0.15) is 76.2 Å². The summed E-state index contributed by atoms with van der Waals surface area (Å²) >= 11 is 0. The van der Waals surface area contributed by atoms with E-state index in [0.717, 1.165) is 58.2 Å². The molecule has 1 aromatic carbocycles. The van der Waals surface area contributed by atoms with Crippen molar-refractivity contribution < 1.29 is 9.47 Å². The highest BCUT2D eigenvalue weighted by Gasteiger charge is 2.35. The van der Waals surface area contributed by atoms with Crippen molar-refractivity contribution in [3.8, 4) is 0 Å². The normalized spacial score (nSPS) is 25.4. The number of allylic oxidation sites excluding steroid dienone is 2. The van der Waals surface area contributed by atoms with Gasteiger partial charge in [0.2, 0.25) is 0 Å². The van der Waals surface area contributed by atoms with Crippen molar-refractivity contribution in [2.75, 3.05) is 75.9 Å². The van der Waals surface area contributed by atoms with Crippen LogP contribution in [0.5, 0.6) is 0 Å². The van der Waals surface area contributed by atoms with Crippen LogP contribution in [0, 0.1) is 11.3 Å². The molecule has 6 heteroatoms. The number of ether oxygens (including phenoxy) is 2. The highest BCUT2D eigenvalue weighted by atomic mass is 35.5. The van der Waals surface area contributed by atoms with Gasteiger partial charge in [-0.15, -0.1) is 12.4 Å². The Labute approximate surface area is 237 Å². The van der Waals surface area contributed by atoms with Crippen LogP contribution in [0.25, 0.3) is 5.57 Å². The van der Waals surface area contributed by atoms with Crippen molar-refractivity contribution in [1.29, 1.82) is 0 Å². The Morgan fingerprint density at radius 3 is 2.29 bits per heavy atom. The first-order chi connectivity index (χ1) is 18.2. The van der Waals surface area contributed by atoms with E-state index in [2.05, 4.69) is 39.0 Å². The van der Waals surface area contributed by atoms with Gasteiger partial charge >= 0.3 is 0 Å². The molecule has 2 aliphatic carbocycles. The van der Waals surface area contributed by atoms with Crippen LogP contribution in [0.15, 0.2) is 24.3 Å². The van der Waals surface area contributed by atoms with E-state index in [9.17, 15) is 0 Å². The molecule has 3 heterocycles. The van der Waals surface area contributed by atoms with Gasteiger partial charge in [-0.2, -0.15) is 0 Å². The lowest BCUT2D eigenvalue weighted by atomic mass is 9.72. The van der Waals surface area contributed by atoms with Crippen LogP contribution in [0.3, 0.4) is 0 Å². The number of piperidine rings is 1. The van der Waals surface area contributed by atoms with Gasteiger partial charge in [0, 0.05) is 83.1 Å². The molecule has 1 spiro atoms. The molecule has 6 rings (SSSR count). The fourth-order valence-corrected chi connectivity index (χ4v) is 7.84. The first kappa shape index (κ1) is 28.3. The summed E-state index contributed by atoms with van der Waals surface area (Å²) in [6.45, 7) is 10.0. The average Bonchev–Trinajstić information content (AvgIpc) is 3.42. The highest BCUT2D eigenvalue weighted by Crippen LogP contribution is 2.50. The summed E-state index contributed by atoms with van der Waals surface area (Å²) in [5.74, 6) is 0.827. The van der Waals surface area contributed by atoms with Crippen LogP contribution in [0.4, 0.5) is 11.4 Å². The van der Waals surface area contributed by atoms with E-state index < -0.39 is 0 Å². The van der Waals surface area contributed by atoms with E-state index in [1.165, 1.54) is 94.4 Å². The summed E-state index contributed by atoms with van der Waals surface area (Å²) in [6.07, 6.45) is 17.6. The van der Waals surface area contributed by atoms with Crippen molar-refractivity contribution in [2.24, 2.45) is 11.3 Å². The van der Waals surface area contributed by atoms with Crippen molar-refractivity contribution in [2.45, 2.75) is 76.7 Å². The van der Waals surface area contributed by atoms with E-state index in [1.807, 2.05) is 7.11 Å². The van der Waals surface area contributed by atoms with Crippen molar-refractivity contribution in [3.63, 3.8) is 0 Å². The Hall–Kier alpha value is -1.27. The third-order valence-electron chi connectivity index (χ3n) is 10.4. The van der Waals surface area contributed by atoms with Crippen LogP contribution < -0.4 is 9.80 Å². The maximum absolute atomic E-state index is 5.64. The maximum atomic E-state index is 5.64. The van der Waals surface area contributed by atoms with Gasteiger partial charge < -0.3 is 19.3 Å². The van der Waals surface area contributed by atoms with E-state index in [1.54, 1.807) is 5.57 Å². The molecule has 5 aliphatic rings. The molecule has 5 nitrogen and oxygen atoms in total. The lowest BCUT2D eigenvalue weighted by Crippen LogP contribution is -2.48. The summed E-state index contributed by atoms with van der Waals surface area (Å²) in [7, 11) is 1.86. The quantitative estimate of drug-likeness (QED) is 0.414. The monoisotopic (exact) mass is 543 g/mol. The van der Waals surface area contributed by atoms with E-state index in [0.29, 0.717) is 11.5 Å². The zero-order valence-electron chi connectivity index (χ0n) is 23.7. The van der Waals surface area contributed by atoms with Crippen molar-refractivity contribution in [3.05, 3.63) is 29.8 Å². The molecule has 0 N–H and O–H groups in total. The second kappa shape index (κ2) is 12.9. The number of rotatable bonds is 6. The van der Waals surface area contributed by atoms with Crippen molar-refractivity contribution >= 4 is 29.4 Å². The van der Waals surface area contributed by atoms with Crippen LogP contribution in [0.2, 0.25) is 0 Å². The lowest BCUT2D eigenvalue weighted by molar-refractivity contribution is 0.0517. The maximum Gasteiger partial charge on any atom is 0.0605 e. The molecule has 0 aromatic heterocycles. The van der Waals surface area contributed by atoms with Gasteiger partial charge in [0.15, 0.2) is 0 Å². The molecule has 0 amide bonds. The van der Waals surface area contributed by atoms with Gasteiger partial charge in [0.25, 0.3) is 0 Å². The molecule has 4 fully saturated rings. The predicted molar refractivity (Wildman–Crippen MR) is 161 cm³/mol. The third-order valence-corrected chi connectivity index (χ3v) is 10.4. The van der Waals surface area contributed by atoms with Gasteiger partial charge in [-0.1, -0.05) is 18.9 Å². The van der Waals surface area contributed by atoms with Crippen molar-refractivity contribution in [1.82, 2.24) is 4.90 Å². The molecule has 1 saturated carbocycles.